The fraction of sp³-hybridized carbons (Fsp3) is 0.176. The van der Waals surface area contributed by atoms with Crippen molar-refractivity contribution in [2.75, 3.05) is 6.54 Å². The summed E-state index contributed by atoms with van der Waals surface area (Å²) in [4.78, 5) is 9.23. The average Bonchev–Trinajstić information content (AvgIpc) is 2.52. The van der Waals surface area contributed by atoms with E-state index in [1.807, 2.05) is 48.7 Å². The third-order valence-corrected chi connectivity index (χ3v) is 3.59. The Morgan fingerprint density at radius 1 is 1.10 bits per heavy atom. The van der Waals surface area contributed by atoms with Crippen LogP contribution in [0.4, 0.5) is 0 Å². The number of hydrogen-bond donors (Lipinski definition) is 1. The van der Waals surface area contributed by atoms with Gasteiger partial charge in [0.15, 0.2) is 0 Å². The summed E-state index contributed by atoms with van der Waals surface area (Å²) in [5.74, 6) is 0. The van der Waals surface area contributed by atoms with Gasteiger partial charge in [-0.15, -0.1) is 0 Å². The predicted octanol–water partition coefficient (Wildman–Crippen LogP) is 3.98. The van der Waals surface area contributed by atoms with E-state index in [9.17, 15) is 0 Å². The monoisotopic (exact) mass is 297 g/mol. The molecular formula is C17H16ClN3. The molecule has 0 aliphatic rings. The number of nitrogens with zero attached hydrogens (tertiary/aromatic N) is 2. The molecule has 1 N–H and O–H groups in total. The normalized spacial score (nSPS) is 12.5. The first-order valence-electron chi connectivity index (χ1n) is 6.98. The van der Waals surface area contributed by atoms with E-state index in [0.717, 1.165) is 33.9 Å². The minimum Gasteiger partial charge on any atom is -0.305 e. The van der Waals surface area contributed by atoms with Crippen LogP contribution in [-0.2, 0) is 0 Å². The fourth-order valence-electron chi connectivity index (χ4n) is 2.39. The maximum absolute atomic E-state index is 6.11. The van der Waals surface area contributed by atoms with Gasteiger partial charge in [-0.05, 0) is 36.4 Å². The largest absolute Gasteiger partial charge is 0.305 e. The van der Waals surface area contributed by atoms with E-state index in [1.54, 1.807) is 0 Å². The number of halogens is 1. The number of hydrogen-bond acceptors (Lipinski definition) is 3. The lowest BCUT2D eigenvalue weighted by Crippen LogP contribution is -2.23. The van der Waals surface area contributed by atoms with Crippen LogP contribution >= 0.6 is 11.6 Å². The number of fused-ring (bicyclic) bond motifs is 1. The number of benzene rings is 2. The lowest BCUT2D eigenvalue weighted by Gasteiger charge is -2.18. The van der Waals surface area contributed by atoms with Crippen LogP contribution in [-0.4, -0.2) is 16.5 Å². The summed E-state index contributed by atoms with van der Waals surface area (Å²) < 4.78 is 0. The molecule has 1 atom stereocenters. The molecule has 0 amide bonds. The SMILES string of the molecule is CCNC(c1cccc(Cl)c1)c1cnc2ccccc2n1. The van der Waals surface area contributed by atoms with Crippen LogP contribution in [0.2, 0.25) is 5.02 Å². The zero-order valence-corrected chi connectivity index (χ0v) is 12.5. The van der Waals surface area contributed by atoms with E-state index < -0.39 is 0 Å². The molecule has 0 aliphatic carbocycles. The Labute approximate surface area is 129 Å². The van der Waals surface area contributed by atoms with Gasteiger partial charge in [0.1, 0.15) is 0 Å². The van der Waals surface area contributed by atoms with Crippen molar-refractivity contribution >= 4 is 22.6 Å². The van der Waals surface area contributed by atoms with E-state index in [4.69, 9.17) is 16.6 Å². The van der Waals surface area contributed by atoms with E-state index in [1.165, 1.54) is 0 Å². The standard InChI is InChI=1S/C17H16ClN3/c1-2-19-17(12-6-5-7-13(18)10-12)16-11-20-14-8-3-4-9-15(14)21-16/h3-11,17,19H,2H2,1H3. The quantitative estimate of drug-likeness (QED) is 0.791. The first-order chi connectivity index (χ1) is 10.3. The van der Waals surface area contributed by atoms with Crippen molar-refractivity contribution < 1.29 is 0 Å². The highest BCUT2D eigenvalue weighted by Gasteiger charge is 2.15. The second-order valence-corrected chi connectivity index (χ2v) is 5.27. The highest BCUT2D eigenvalue weighted by molar-refractivity contribution is 6.30. The van der Waals surface area contributed by atoms with Gasteiger partial charge >= 0.3 is 0 Å². The molecule has 2 aromatic carbocycles. The van der Waals surface area contributed by atoms with E-state index >= 15 is 0 Å². The minimum absolute atomic E-state index is 0.00851. The Hall–Kier alpha value is -1.97. The van der Waals surface area contributed by atoms with Crippen LogP contribution in [0.25, 0.3) is 11.0 Å². The van der Waals surface area contributed by atoms with Crippen LogP contribution < -0.4 is 5.32 Å². The molecule has 0 fully saturated rings. The predicted molar refractivity (Wildman–Crippen MR) is 86.5 cm³/mol. The molecule has 0 aliphatic heterocycles. The van der Waals surface area contributed by atoms with Gasteiger partial charge in [0, 0.05) is 5.02 Å². The summed E-state index contributed by atoms with van der Waals surface area (Å²) in [6.45, 7) is 2.91. The number of rotatable bonds is 4. The summed E-state index contributed by atoms with van der Waals surface area (Å²) in [6, 6.07) is 15.7. The zero-order chi connectivity index (χ0) is 14.7. The van der Waals surface area contributed by atoms with Crippen molar-refractivity contribution in [1.29, 1.82) is 0 Å². The Kier molecular flexibility index (Phi) is 4.13. The number of aromatic nitrogens is 2. The molecule has 0 bridgehead atoms. The molecule has 3 rings (SSSR count). The molecule has 3 aromatic rings. The Morgan fingerprint density at radius 3 is 2.67 bits per heavy atom. The van der Waals surface area contributed by atoms with Crippen molar-refractivity contribution in [3.05, 3.63) is 71.0 Å². The molecule has 0 spiro atoms. The summed E-state index contributed by atoms with van der Waals surface area (Å²) >= 11 is 6.11. The second-order valence-electron chi connectivity index (χ2n) is 4.83. The van der Waals surface area contributed by atoms with Gasteiger partial charge in [0.25, 0.3) is 0 Å². The second kappa shape index (κ2) is 6.20. The van der Waals surface area contributed by atoms with Crippen LogP contribution in [0.1, 0.15) is 24.2 Å². The third kappa shape index (κ3) is 3.04. The van der Waals surface area contributed by atoms with Gasteiger partial charge in [0.2, 0.25) is 0 Å². The van der Waals surface area contributed by atoms with Gasteiger partial charge < -0.3 is 5.32 Å². The van der Waals surface area contributed by atoms with Crippen LogP contribution in [0.5, 0.6) is 0 Å². The molecule has 1 heterocycles. The topological polar surface area (TPSA) is 37.8 Å². The highest BCUT2D eigenvalue weighted by atomic mass is 35.5. The zero-order valence-electron chi connectivity index (χ0n) is 11.8. The average molecular weight is 298 g/mol. The van der Waals surface area contributed by atoms with Crippen molar-refractivity contribution in [2.24, 2.45) is 0 Å². The fourth-order valence-corrected chi connectivity index (χ4v) is 2.59. The first kappa shape index (κ1) is 14.0. The van der Waals surface area contributed by atoms with E-state index in [-0.39, 0.29) is 6.04 Å². The maximum atomic E-state index is 6.11. The summed E-state index contributed by atoms with van der Waals surface area (Å²) in [6.07, 6.45) is 1.83. The van der Waals surface area contributed by atoms with Crippen LogP contribution in [0.3, 0.4) is 0 Å². The summed E-state index contributed by atoms with van der Waals surface area (Å²) in [5, 5.41) is 4.17. The van der Waals surface area contributed by atoms with Crippen molar-refractivity contribution in [3.63, 3.8) is 0 Å². The van der Waals surface area contributed by atoms with Gasteiger partial charge in [-0.25, -0.2) is 4.98 Å². The lowest BCUT2D eigenvalue weighted by molar-refractivity contribution is 0.615. The van der Waals surface area contributed by atoms with E-state index in [2.05, 4.69) is 23.3 Å². The molecule has 1 unspecified atom stereocenters. The third-order valence-electron chi connectivity index (χ3n) is 3.35. The van der Waals surface area contributed by atoms with E-state index in [0.29, 0.717) is 0 Å². The Bertz CT molecular complexity index is 758. The molecule has 0 saturated carbocycles. The Balaban J connectivity index is 2.06. The molecular weight excluding hydrogens is 282 g/mol. The van der Waals surface area contributed by atoms with Crippen molar-refractivity contribution in [2.45, 2.75) is 13.0 Å². The molecule has 3 nitrogen and oxygen atoms in total. The van der Waals surface area contributed by atoms with Crippen LogP contribution in [0, 0.1) is 0 Å². The van der Waals surface area contributed by atoms with Gasteiger partial charge in [-0.1, -0.05) is 42.8 Å². The lowest BCUT2D eigenvalue weighted by atomic mass is 10.0. The Morgan fingerprint density at radius 2 is 1.90 bits per heavy atom. The highest BCUT2D eigenvalue weighted by Crippen LogP contribution is 2.24. The molecule has 4 heteroatoms. The molecule has 0 radical (unpaired) electrons. The molecule has 1 aromatic heterocycles. The van der Waals surface area contributed by atoms with Gasteiger partial charge in [-0.3, -0.25) is 4.98 Å². The van der Waals surface area contributed by atoms with Crippen molar-refractivity contribution in [1.82, 2.24) is 15.3 Å². The van der Waals surface area contributed by atoms with Crippen molar-refractivity contribution in [3.8, 4) is 0 Å². The summed E-state index contributed by atoms with van der Waals surface area (Å²) in [5.41, 5.74) is 3.80. The number of nitrogens with one attached hydrogen (secondary N) is 1. The first-order valence-corrected chi connectivity index (χ1v) is 7.36. The smallest absolute Gasteiger partial charge is 0.0890 e. The van der Waals surface area contributed by atoms with Gasteiger partial charge in [0.05, 0.1) is 29.0 Å². The minimum atomic E-state index is -0.00851. The molecule has 0 saturated heterocycles. The molecule has 106 valence electrons. The molecule has 21 heavy (non-hydrogen) atoms. The summed E-state index contributed by atoms with van der Waals surface area (Å²) in [7, 11) is 0. The number of para-hydroxylation sites is 2. The van der Waals surface area contributed by atoms with Crippen LogP contribution in [0.15, 0.2) is 54.7 Å². The van der Waals surface area contributed by atoms with Gasteiger partial charge in [-0.2, -0.15) is 0 Å². The maximum Gasteiger partial charge on any atom is 0.0890 e.